The van der Waals surface area contributed by atoms with Crippen LogP contribution in [-0.2, 0) is 0 Å². The van der Waals surface area contributed by atoms with Crippen LogP contribution in [0.1, 0.15) is 56.6 Å². The molecule has 19 heavy (non-hydrogen) atoms. The van der Waals surface area contributed by atoms with Crippen molar-refractivity contribution in [3.63, 3.8) is 0 Å². The van der Waals surface area contributed by atoms with Crippen molar-refractivity contribution in [2.75, 3.05) is 0 Å². The summed E-state index contributed by atoms with van der Waals surface area (Å²) in [5, 5.41) is 13.3. The van der Waals surface area contributed by atoms with Crippen LogP contribution in [0.4, 0.5) is 0 Å². The van der Waals surface area contributed by atoms with Crippen molar-refractivity contribution in [3.8, 4) is 0 Å². The van der Waals surface area contributed by atoms with Gasteiger partial charge in [-0.15, -0.1) is 0 Å². The lowest BCUT2D eigenvalue weighted by Crippen LogP contribution is -2.47. The van der Waals surface area contributed by atoms with Gasteiger partial charge >= 0.3 is 0 Å². The zero-order valence-corrected chi connectivity index (χ0v) is 11.6. The maximum Gasteiger partial charge on any atom is 0.0570 e. The Balaban J connectivity index is 1.71. The highest BCUT2D eigenvalue weighted by Crippen LogP contribution is 2.36. The molecule has 0 aromatic heterocycles. The summed E-state index contributed by atoms with van der Waals surface area (Å²) < 4.78 is 0. The molecular weight excluding hydrogens is 234 g/mol. The number of nitrogens with one attached hydrogen (secondary N) is 1. The molecule has 3 rings (SSSR count). The minimum absolute atomic E-state index is 0.0692. The van der Waals surface area contributed by atoms with Crippen LogP contribution in [0.3, 0.4) is 0 Å². The van der Waals surface area contributed by atoms with Crippen LogP contribution >= 0.6 is 0 Å². The smallest absolute Gasteiger partial charge is 0.0570 e. The molecule has 1 unspecified atom stereocenters. The van der Waals surface area contributed by atoms with Gasteiger partial charge in [-0.25, -0.2) is 0 Å². The van der Waals surface area contributed by atoms with Crippen LogP contribution in [0.15, 0.2) is 30.3 Å². The quantitative estimate of drug-likeness (QED) is 0.868. The van der Waals surface area contributed by atoms with Gasteiger partial charge in [0.1, 0.15) is 0 Å². The maximum absolute atomic E-state index is 9.47. The first-order valence-electron chi connectivity index (χ1n) is 7.82. The molecule has 2 nitrogen and oxygen atoms in total. The van der Waals surface area contributed by atoms with Crippen LogP contribution in [-0.4, -0.2) is 17.3 Å². The molecular formula is C17H25NO. The first-order chi connectivity index (χ1) is 9.33. The molecule has 2 aliphatic carbocycles. The zero-order valence-electron chi connectivity index (χ0n) is 11.6. The Morgan fingerprint density at radius 3 is 2.32 bits per heavy atom. The Kier molecular flexibility index (Phi) is 4.19. The number of benzene rings is 1. The van der Waals surface area contributed by atoms with Crippen molar-refractivity contribution in [1.29, 1.82) is 0 Å². The van der Waals surface area contributed by atoms with Crippen molar-refractivity contribution >= 4 is 0 Å². The molecule has 104 valence electrons. The zero-order chi connectivity index (χ0) is 13.1. The summed E-state index contributed by atoms with van der Waals surface area (Å²) >= 11 is 0. The summed E-state index contributed by atoms with van der Waals surface area (Å²) in [6.45, 7) is 0. The molecule has 0 radical (unpaired) electrons. The van der Waals surface area contributed by atoms with Crippen LogP contribution in [0.2, 0.25) is 0 Å². The normalized spacial score (nSPS) is 29.7. The standard InChI is InChI=1S/C17H25NO/c19-16-11-15(12-16)18-17(13-7-3-1-4-8-13)14-9-5-2-6-10-14/h1,3-4,7-8,14-19H,2,5-6,9-12H2. The lowest BCUT2D eigenvalue weighted by molar-refractivity contribution is 0.0517. The molecule has 2 heteroatoms. The van der Waals surface area contributed by atoms with E-state index in [1.165, 1.54) is 37.7 Å². The van der Waals surface area contributed by atoms with Gasteiger partial charge in [0, 0.05) is 12.1 Å². The largest absolute Gasteiger partial charge is 0.393 e. The van der Waals surface area contributed by atoms with E-state index in [2.05, 4.69) is 35.6 Å². The second-order valence-corrected chi connectivity index (χ2v) is 6.28. The van der Waals surface area contributed by atoms with E-state index in [1.807, 2.05) is 0 Å². The van der Waals surface area contributed by atoms with E-state index in [4.69, 9.17) is 0 Å². The minimum atomic E-state index is -0.0692. The van der Waals surface area contributed by atoms with E-state index in [9.17, 15) is 5.11 Å². The summed E-state index contributed by atoms with van der Waals surface area (Å²) in [5.74, 6) is 0.772. The molecule has 0 amide bonds. The first-order valence-corrected chi connectivity index (χ1v) is 7.82. The third kappa shape index (κ3) is 3.18. The summed E-state index contributed by atoms with van der Waals surface area (Å²) in [4.78, 5) is 0. The third-order valence-corrected chi connectivity index (χ3v) is 4.81. The first kappa shape index (κ1) is 13.1. The molecule has 0 heterocycles. The topological polar surface area (TPSA) is 32.3 Å². The van der Waals surface area contributed by atoms with E-state index in [1.54, 1.807) is 0 Å². The van der Waals surface area contributed by atoms with Gasteiger partial charge in [0.05, 0.1) is 6.10 Å². The van der Waals surface area contributed by atoms with Gasteiger partial charge < -0.3 is 10.4 Å². The molecule has 2 N–H and O–H groups in total. The van der Waals surface area contributed by atoms with Gasteiger partial charge in [-0.1, -0.05) is 49.6 Å². The number of aliphatic hydroxyl groups excluding tert-OH is 1. The highest BCUT2D eigenvalue weighted by Gasteiger charge is 2.32. The van der Waals surface area contributed by atoms with Gasteiger partial charge in [-0.05, 0) is 37.2 Å². The van der Waals surface area contributed by atoms with Crippen molar-refractivity contribution in [1.82, 2.24) is 5.32 Å². The lowest BCUT2D eigenvalue weighted by atomic mass is 9.79. The second-order valence-electron chi connectivity index (χ2n) is 6.28. The molecule has 1 atom stereocenters. The molecule has 0 bridgehead atoms. The van der Waals surface area contributed by atoms with Gasteiger partial charge in [-0.3, -0.25) is 0 Å². The molecule has 2 fully saturated rings. The van der Waals surface area contributed by atoms with Crippen molar-refractivity contribution < 1.29 is 5.11 Å². The van der Waals surface area contributed by atoms with Crippen molar-refractivity contribution in [2.45, 2.75) is 63.1 Å². The number of hydrogen-bond donors (Lipinski definition) is 2. The Morgan fingerprint density at radius 1 is 1.00 bits per heavy atom. The summed E-state index contributed by atoms with van der Waals surface area (Å²) in [6.07, 6.45) is 8.64. The number of aliphatic hydroxyl groups is 1. The summed E-state index contributed by atoms with van der Waals surface area (Å²) in [6, 6.07) is 11.9. The Hall–Kier alpha value is -0.860. The highest BCUT2D eigenvalue weighted by molar-refractivity contribution is 5.20. The highest BCUT2D eigenvalue weighted by atomic mass is 16.3. The molecule has 1 aromatic rings. The average molecular weight is 259 g/mol. The molecule has 0 spiro atoms. The SMILES string of the molecule is OC1CC(NC(c2ccccc2)C2CCCCC2)C1. The van der Waals surface area contributed by atoms with Crippen molar-refractivity contribution in [3.05, 3.63) is 35.9 Å². The lowest BCUT2D eigenvalue weighted by Gasteiger charge is -2.39. The van der Waals surface area contributed by atoms with Gasteiger partial charge in [0.25, 0.3) is 0 Å². The van der Waals surface area contributed by atoms with Crippen LogP contribution in [0.25, 0.3) is 0 Å². The summed E-state index contributed by atoms with van der Waals surface area (Å²) in [5.41, 5.74) is 1.43. The van der Waals surface area contributed by atoms with Crippen LogP contribution in [0, 0.1) is 5.92 Å². The number of rotatable bonds is 4. The van der Waals surface area contributed by atoms with Gasteiger partial charge in [0.15, 0.2) is 0 Å². The molecule has 2 aliphatic rings. The van der Waals surface area contributed by atoms with Gasteiger partial charge in [0.2, 0.25) is 0 Å². The fourth-order valence-corrected chi connectivity index (χ4v) is 3.61. The maximum atomic E-state index is 9.47. The Bertz CT molecular complexity index is 380. The Labute approximate surface area is 116 Å². The second kappa shape index (κ2) is 6.06. The molecule has 2 saturated carbocycles. The Morgan fingerprint density at radius 2 is 1.68 bits per heavy atom. The monoisotopic (exact) mass is 259 g/mol. The van der Waals surface area contributed by atoms with Crippen LogP contribution in [0.5, 0.6) is 0 Å². The molecule has 1 aromatic carbocycles. The van der Waals surface area contributed by atoms with E-state index >= 15 is 0 Å². The van der Waals surface area contributed by atoms with Crippen molar-refractivity contribution in [2.24, 2.45) is 5.92 Å². The van der Waals surface area contributed by atoms with Gasteiger partial charge in [-0.2, -0.15) is 0 Å². The summed E-state index contributed by atoms with van der Waals surface area (Å²) in [7, 11) is 0. The fraction of sp³-hybridized carbons (Fsp3) is 0.647. The van der Waals surface area contributed by atoms with E-state index in [-0.39, 0.29) is 6.10 Å². The average Bonchev–Trinajstić information content (AvgIpc) is 2.44. The van der Waals surface area contributed by atoms with E-state index in [0.29, 0.717) is 12.1 Å². The van der Waals surface area contributed by atoms with Crippen LogP contribution < -0.4 is 5.32 Å². The van der Waals surface area contributed by atoms with E-state index in [0.717, 1.165) is 18.8 Å². The number of hydrogen-bond acceptors (Lipinski definition) is 2. The minimum Gasteiger partial charge on any atom is -0.393 e. The predicted octanol–water partition coefficient (Wildman–Crippen LogP) is 3.42. The molecule has 0 aliphatic heterocycles. The third-order valence-electron chi connectivity index (χ3n) is 4.81. The molecule has 0 saturated heterocycles. The fourth-order valence-electron chi connectivity index (χ4n) is 3.61. The predicted molar refractivity (Wildman–Crippen MR) is 77.9 cm³/mol. The van der Waals surface area contributed by atoms with E-state index < -0.39 is 0 Å².